The van der Waals surface area contributed by atoms with Crippen LogP contribution in [0.3, 0.4) is 0 Å². The third kappa shape index (κ3) is 7.50. The van der Waals surface area contributed by atoms with Crippen LogP contribution in [0.1, 0.15) is 0 Å². The lowest BCUT2D eigenvalue weighted by Crippen LogP contribution is -2.78. The number of hydrogen-bond donors (Lipinski definition) is 0. The Kier molecular flexibility index (Phi) is 12.2. The van der Waals surface area contributed by atoms with Gasteiger partial charge in [-0.15, -0.1) is 0 Å². The van der Waals surface area contributed by atoms with Gasteiger partial charge in [0.05, 0.1) is 48.4 Å². The summed E-state index contributed by atoms with van der Waals surface area (Å²) >= 11 is 0. The van der Waals surface area contributed by atoms with E-state index in [4.69, 9.17) is 13.6 Å². The minimum absolute atomic E-state index is 1.24. The van der Waals surface area contributed by atoms with Crippen LogP contribution in [0.25, 0.3) is 0 Å². The third-order valence-corrected chi connectivity index (χ3v) is 39.3. The molecular weight excluding hydrogens is 723 g/mol. The van der Waals surface area contributed by atoms with Gasteiger partial charge in [-0.3, -0.25) is 13.6 Å². The van der Waals surface area contributed by atoms with Gasteiger partial charge in [0.1, 0.15) is 0 Å². The monoisotopic (exact) mass is 776 g/mol. The zero-order valence-corrected chi connectivity index (χ0v) is 36.4. The van der Waals surface area contributed by atoms with Gasteiger partial charge in [-0.2, -0.15) is 39.5 Å². The number of halogens is 9. The number of rotatable bonds is 12. The van der Waals surface area contributed by atoms with E-state index in [9.17, 15) is 0 Å². The van der Waals surface area contributed by atoms with Gasteiger partial charge >= 0.3 is 26.4 Å². The van der Waals surface area contributed by atoms with Crippen LogP contribution in [0.5, 0.6) is 0 Å². The van der Waals surface area contributed by atoms with Crippen LogP contribution in [-0.4, -0.2) is 81.5 Å². The van der Waals surface area contributed by atoms with Gasteiger partial charge in [0, 0.05) is 0 Å². The van der Waals surface area contributed by atoms with E-state index in [0.717, 1.165) is 0 Å². The molecule has 0 amide bonds. The third-order valence-electron chi connectivity index (χ3n) is 8.28. The number of hydrogen-bond acceptors (Lipinski definition) is 4. The van der Waals surface area contributed by atoms with E-state index in [1.807, 2.05) is 0 Å². The van der Waals surface area contributed by atoms with Crippen LogP contribution < -0.4 is 0 Å². The van der Waals surface area contributed by atoms with Gasteiger partial charge in [0.15, 0.2) is 14.5 Å². The van der Waals surface area contributed by atoms with E-state index in [1.165, 1.54) is 118 Å². The molecular formula is C24H54F9O4PSi6. The summed E-state index contributed by atoms with van der Waals surface area (Å²) in [5, 5.41) is 0. The normalized spacial score (nSPS) is 16.9. The molecule has 0 saturated heterocycles. The maximum Gasteiger partial charge on any atom is 0.475 e. The Balaban J connectivity index is 8.81. The molecule has 0 spiro atoms. The number of alkyl halides is 9. The molecule has 4 nitrogen and oxygen atoms in total. The van der Waals surface area contributed by atoms with Gasteiger partial charge in [-0.05, 0) is 0 Å². The van der Waals surface area contributed by atoms with Crippen molar-refractivity contribution in [3.8, 4) is 0 Å². The highest BCUT2D eigenvalue weighted by atomic mass is 31.2. The molecule has 0 aromatic carbocycles. The second-order valence-corrected chi connectivity index (χ2v) is 51.9. The molecule has 0 heterocycles. The molecule has 0 saturated carbocycles. The summed E-state index contributed by atoms with van der Waals surface area (Å²) in [6, 6.07) is 0. The first kappa shape index (κ1) is 44.8. The van der Waals surface area contributed by atoms with Crippen LogP contribution in [0.2, 0.25) is 118 Å². The van der Waals surface area contributed by atoms with Crippen LogP contribution in [0.4, 0.5) is 39.5 Å². The molecule has 0 aromatic rings. The Hall–Kier alpha value is 0.781. The van der Waals surface area contributed by atoms with Gasteiger partial charge < -0.3 is 0 Å². The van der Waals surface area contributed by atoms with Crippen molar-refractivity contribution in [3.63, 3.8) is 0 Å². The summed E-state index contributed by atoms with van der Waals surface area (Å²) in [6.45, 7) is 22.3. The molecule has 0 aliphatic rings. The summed E-state index contributed by atoms with van der Waals surface area (Å²) < 4.78 is 171. The lowest BCUT2D eigenvalue weighted by molar-refractivity contribution is -0.227. The summed E-state index contributed by atoms with van der Waals surface area (Å²) in [5.41, 5.74) is 0. The Bertz CT molecular complexity index is 829. The number of phosphoric acid groups is 1. The van der Waals surface area contributed by atoms with E-state index in [1.54, 1.807) is 0 Å². The fourth-order valence-electron chi connectivity index (χ4n) is 7.46. The van der Waals surface area contributed by atoms with Crippen LogP contribution >= 0.6 is 7.82 Å². The molecule has 0 rings (SSSR count). The lowest BCUT2D eigenvalue weighted by Gasteiger charge is -2.58. The SMILES string of the molecule is C[Si](C)(C)C(OP(=O)(OC(C(F)(F)F)([Si](C)(C)C)[Si](C)(C)C)OC(C(F)(F)F)([Si](C)(C)C)[Si](C)(C)C)(C(F)(F)F)[Si](C)(C)C. The minimum atomic E-state index is -6.40. The first-order valence-corrected chi connectivity index (χ1v) is 36.8. The molecule has 44 heavy (non-hydrogen) atoms. The topological polar surface area (TPSA) is 44.8 Å². The zero-order chi connectivity index (χ0) is 36.6. The lowest BCUT2D eigenvalue weighted by atomic mass is 10.7. The fourth-order valence-corrected chi connectivity index (χ4v) is 49.6. The molecule has 0 aliphatic carbocycles. The molecule has 20 heteroatoms. The maximum absolute atomic E-state index is 15.5. The predicted octanol–water partition coefficient (Wildman–Crippen LogP) is 11.3. The Morgan fingerprint density at radius 3 is 0.523 bits per heavy atom. The van der Waals surface area contributed by atoms with Crippen LogP contribution in [0, 0.1) is 0 Å². The van der Waals surface area contributed by atoms with E-state index in [2.05, 4.69) is 0 Å². The molecule has 0 atom stereocenters. The van der Waals surface area contributed by atoms with Crippen molar-refractivity contribution in [1.29, 1.82) is 0 Å². The maximum atomic E-state index is 15.5. The average molecular weight is 777 g/mol. The summed E-state index contributed by atoms with van der Waals surface area (Å²) in [6.07, 6.45) is -16.0. The quantitative estimate of drug-likeness (QED) is 0.112. The van der Waals surface area contributed by atoms with E-state index < -0.39 is 89.3 Å². The summed E-state index contributed by atoms with van der Waals surface area (Å²) in [4.78, 5) is -9.97. The van der Waals surface area contributed by atoms with Crippen molar-refractivity contribution in [2.24, 2.45) is 0 Å². The van der Waals surface area contributed by atoms with Crippen molar-refractivity contribution in [3.05, 3.63) is 0 Å². The molecule has 0 radical (unpaired) electrons. The molecule has 266 valence electrons. The van der Waals surface area contributed by atoms with Crippen molar-refractivity contribution >= 4 is 56.3 Å². The van der Waals surface area contributed by atoms with Crippen molar-refractivity contribution in [2.75, 3.05) is 0 Å². The molecule has 0 N–H and O–H groups in total. The predicted molar refractivity (Wildman–Crippen MR) is 177 cm³/mol. The Morgan fingerprint density at radius 2 is 0.455 bits per heavy atom. The summed E-state index contributed by atoms with van der Waals surface area (Å²) in [7, 11) is -29.7. The highest BCUT2D eigenvalue weighted by Gasteiger charge is 2.79. The fraction of sp³-hybridized carbons (Fsp3) is 1.00. The second kappa shape index (κ2) is 12.0. The van der Waals surface area contributed by atoms with Gasteiger partial charge in [0.25, 0.3) is 0 Å². The van der Waals surface area contributed by atoms with Crippen LogP contribution in [0.15, 0.2) is 0 Å². The van der Waals surface area contributed by atoms with E-state index in [0.29, 0.717) is 0 Å². The Labute approximate surface area is 264 Å². The molecule has 0 fully saturated rings. The summed E-state index contributed by atoms with van der Waals surface area (Å²) in [5.74, 6) is 0. The highest BCUT2D eigenvalue weighted by Crippen LogP contribution is 2.69. The smallest absolute Gasteiger partial charge is 0.278 e. The van der Waals surface area contributed by atoms with Crippen molar-refractivity contribution in [1.82, 2.24) is 0 Å². The van der Waals surface area contributed by atoms with E-state index >= 15 is 44.1 Å². The standard InChI is InChI=1S/C24H54F9O4PSi6/c1-39(2,3)22(19(25,26)27,40(4,5)6)35-38(34,36-23(20(28,29)30,41(7,8)9)42(10,11)12)37-24(21(31,32)33,43(13,14)15)44(16,17)18/h1-18H3. The van der Waals surface area contributed by atoms with Crippen molar-refractivity contribution < 1.29 is 57.7 Å². The highest BCUT2D eigenvalue weighted by molar-refractivity contribution is 7.49. The Morgan fingerprint density at radius 1 is 0.341 bits per heavy atom. The van der Waals surface area contributed by atoms with Crippen LogP contribution in [-0.2, 0) is 18.1 Å². The zero-order valence-electron chi connectivity index (χ0n) is 29.5. The second-order valence-electron chi connectivity index (χ2n) is 17.8. The average Bonchev–Trinajstić information content (AvgIpc) is 2.59. The van der Waals surface area contributed by atoms with Gasteiger partial charge in [-0.25, -0.2) is 4.57 Å². The van der Waals surface area contributed by atoms with Gasteiger partial charge in [0.2, 0.25) is 0 Å². The van der Waals surface area contributed by atoms with Crippen molar-refractivity contribution in [2.45, 2.75) is 151 Å². The van der Waals surface area contributed by atoms with E-state index in [-0.39, 0.29) is 0 Å². The first-order valence-electron chi connectivity index (χ1n) is 14.3. The van der Waals surface area contributed by atoms with Gasteiger partial charge in [-0.1, -0.05) is 118 Å². The molecule has 0 bridgehead atoms. The largest absolute Gasteiger partial charge is 0.475 e. The first-order chi connectivity index (χ1) is 18.4. The molecule has 0 aliphatic heterocycles. The molecule has 0 aromatic heterocycles. The number of phosphoric ester groups is 1. The molecule has 0 unspecified atom stereocenters. The minimum Gasteiger partial charge on any atom is -0.278 e.